The second-order valence-electron chi connectivity index (χ2n) is 3.99. The maximum Gasteiger partial charge on any atom is 0.222 e. The number of thiophene rings is 1. The van der Waals surface area contributed by atoms with E-state index >= 15 is 0 Å². The molecule has 0 aromatic carbocycles. The van der Waals surface area contributed by atoms with Crippen LogP contribution >= 0.6 is 11.3 Å². The van der Waals surface area contributed by atoms with Crippen molar-refractivity contribution in [2.75, 3.05) is 13.2 Å². The molecular weight excluding hydrogens is 234 g/mol. The number of aliphatic hydroxyl groups is 1. The fraction of sp³-hybridized carbons (Fsp3) is 0.462. The van der Waals surface area contributed by atoms with Crippen molar-refractivity contribution >= 4 is 17.2 Å². The highest BCUT2D eigenvalue weighted by Crippen LogP contribution is 2.21. The van der Waals surface area contributed by atoms with Crippen molar-refractivity contribution in [3.05, 3.63) is 21.9 Å². The van der Waals surface area contributed by atoms with Crippen LogP contribution in [-0.4, -0.2) is 29.1 Å². The molecule has 0 aliphatic carbocycles. The van der Waals surface area contributed by atoms with Gasteiger partial charge in [-0.2, -0.15) is 0 Å². The largest absolute Gasteiger partial charge is 0.384 e. The van der Waals surface area contributed by atoms with Crippen LogP contribution in [0.2, 0.25) is 0 Å². The standard InChI is InChI=1S/C13H15NO2S/c15-8-3-4-11-6-9-17-12(11)10-14-7-2-1-5-13(14)16/h6,9,15H,1-2,5,7-8,10H2. The van der Waals surface area contributed by atoms with Crippen LogP contribution in [0.4, 0.5) is 0 Å². The van der Waals surface area contributed by atoms with Crippen molar-refractivity contribution in [1.82, 2.24) is 4.90 Å². The van der Waals surface area contributed by atoms with Crippen LogP contribution in [0.3, 0.4) is 0 Å². The van der Waals surface area contributed by atoms with E-state index in [0.717, 1.165) is 29.8 Å². The topological polar surface area (TPSA) is 40.5 Å². The molecule has 0 atom stereocenters. The highest BCUT2D eigenvalue weighted by atomic mass is 32.1. The Hall–Kier alpha value is -1.31. The zero-order valence-corrected chi connectivity index (χ0v) is 10.4. The Labute approximate surface area is 105 Å². The fourth-order valence-corrected chi connectivity index (χ4v) is 2.76. The first-order valence-electron chi connectivity index (χ1n) is 5.75. The van der Waals surface area contributed by atoms with E-state index < -0.39 is 0 Å². The van der Waals surface area contributed by atoms with E-state index in [1.807, 2.05) is 16.3 Å². The SMILES string of the molecule is O=C1CCCCN1Cc1sccc1C#CCO. The van der Waals surface area contributed by atoms with E-state index in [2.05, 4.69) is 11.8 Å². The lowest BCUT2D eigenvalue weighted by atomic mass is 10.1. The molecule has 1 amide bonds. The van der Waals surface area contributed by atoms with Crippen LogP contribution < -0.4 is 0 Å². The first kappa shape index (κ1) is 12.2. The summed E-state index contributed by atoms with van der Waals surface area (Å²) in [6.07, 6.45) is 2.77. The Morgan fingerprint density at radius 1 is 1.47 bits per heavy atom. The summed E-state index contributed by atoms with van der Waals surface area (Å²) in [5, 5.41) is 10.7. The smallest absolute Gasteiger partial charge is 0.222 e. The lowest BCUT2D eigenvalue weighted by molar-refractivity contribution is -0.133. The molecule has 0 spiro atoms. The third kappa shape index (κ3) is 3.09. The van der Waals surface area contributed by atoms with Gasteiger partial charge in [0, 0.05) is 23.4 Å². The summed E-state index contributed by atoms with van der Waals surface area (Å²) < 4.78 is 0. The highest BCUT2D eigenvalue weighted by molar-refractivity contribution is 7.10. The van der Waals surface area contributed by atoms with Crippen molar-refractivity contribution in [2.24, 2.45) is 0 Å². The molecule has 2 heterocycles. The average Bonchev–Trinajstić information content (AvgIpc) is 2.77. The lowest BCUT2D eigenvalue weighted by Crippen LogP contribution is -2.34. The van der Waals surface area contributed by atoms with E-state index in [4.69, 9.17) is 5.11 Å². The summed E-state index contributed by atoms with van der Waals surface area (Å²) in [4.78, 5) is 14.7. The molecule has 1 saturated heterocycles. The van der Waals surface area contributed by atoms with Gasteiger partial charge in [-0.3, -0.25) is 4.79 Å². The quantitative estimate of drug-likeness (QED) is 0.809. The van der Waals surface area contributed by atoms with Gasteiger partial charge in [-0.1, -0.05) is 11.8 Å². The maximum atomic E-state index is 11.7. The molecule has 0 saturated carbocycles. The molecule has 1 N–H and O–H groups in total. The van der Waals surface area contributed by atoms with E-state index in [1.165, 1.54) is 0 Å². The van der Waals surface area contributed by atoms with Gasteiger partial charge in [-0.05, 0) is 24.3 Å². The van der Waals surface area contributed by atoms with Gasteiger partial charge in [0.2, 0.25) is 5.91 Å². The van der Waals surface area contributed by atoms with Crippen LogP contribution in [0, 0.1) is 11.8 Å². The minimum atomic E-state index is -0.127. The van der Waals surface area contributed by atoms with Crippen LogP contribution in [0.25, 0.3) is 0 Å². The molecule has 2 rings (SSSR count). The van der Waals surface area contributed by atoms with Gasteiger partial charge in [-0.15, -0.1) is 11.3 Å². The maximum absolute atomic E-state index is 11.7. The molecule has 17 heavy (non-hydrogen) atoms. The fourth-order valence-electron chi connectivity index (χ4n) is 1.91. The molecule has 1 aliphatic rings. The third-order valence-electron chi connectivity index (χ3n) is 2.80. The van der Waals surface area contributed by atoms with Crippen LogP contribution in [-0.2, 0) is 11.3 Å². The van der Waals surface area contributed by atoms with Gasteiger partial charge in [0.1, 0.15) is 6.61 Å². The second kappa shape index (κ2) is 5.85. The zero-order valence-electron chi connectivity index (χ0n) is 9.61. The average molecular weight is 249 g/mol. The molecular formula is C13H15NO2S. The van der Waals surface area contributed by atoms with Gasteiger partial charge in [0.15, 0.2) is 0 Å². The molecule has 1 aromatic heterocycles. The summed E-state index contributed by atoms with van der Waals surface area (Å²) in [6, 6.07) is 1.94. The molecule has 1 aliphatic heterocycles. The normalized spacial score (nSPS) is 15.6. The number of hydrogen-bond donors (Lipinski definition) is 1. The van der Waals surface area contributed by atoms with Gasteiger partial charge in [0.25, 0.3) is 0 Å². The number of likely N-dealkylation sites (tertiary alicyclic amines) is 1. The van der Waals surface area contributed by atoms with Crippen molar-refractivity contribution in [3.63, 3.8) is 0 Å². The van der Waals surface area contributed by atoms with Gasteiger partial charge in [0.05, 0.1) is 6.54 Å². The number of nitrogens with zero attached hydrogens (tertiary/aromatic N) is 1. The Morgan fingerprint density at radius 2 is 2.35 bits per heavy atom. The second-order valence-corrected chi connectivity index (χ2v) is 4.99. The summed E-state index contributed by atoms with van der Waals surface area (Å²) in [5.41, 5.74) is 0.933. The molecule has 0 bridgehead atoms. The van der Waals surface area contributed by atoms with Gasteiger partial charge >= 0.3 is 0 Å². The third-order valence-corrected chi connectivity index (χ3v) is 3.71. The number of amides is 1. The van der Waals surface area contributed by atoms with Crippen molar-refractivity contribution in [2.45, 2.75) is 25.8 Å². The number of hydrogen-bond acceptors (Lipinski definition) is 3. The Morgan fingerprint density at radius 3 is 3.12 bits per heavy atom. The zero-order chi connectivity index (χ0) is 12.1. The van der Waals surface area contributed by atoms with Gasteiger partial charge < -0.3 is 10.0 Å². The predicted molar refractivity (Wildman–Crippen MR) is 67.6 cm³/mol. The molecule has 90 valence electrons. The van der Waals surface area contributed by atoms with Crippen molar-refractivity contribution in [1.29, 1.82) is 0 Å². The van der Waals surface area contributed by atoms with Crippen LogP contribution in [0.1, 0.15) is 29.7 Å². The predicted octanol–water partition coefficient (Wildman–Crippen LogP) is 1.60. The molecule has 3 nitrogen and oxygen atoms in total. The number of carbonyl (C=O) groups excluding carboxylic acids is 1. The van der Waals surface area contributed by atoms with E-state index in [9.17, 15) is 4.79 Å². The highest BCUT2D eigenvalue weighted by Gasteiger charge is 2.19. The Balaban J connectivity index is 2.07. The minimum Gasteiger partial charge on any atom is -0.384 e. The van der Waals surface area contributed by atoms with E-state index in [0.29, 0.717) is 13.0 Å². The number of aliphatic hydroxyl groups excluding tert-OH is 1. The van der Waals surface area contributed by atoms with Crippen molar-refractivity contribution in [3.8, 4) is 11.8 Å². The number of rotatable bonds is 2. The first-order chi connectivity index (χ1) is 8.31. The number of carbonyl (C=O) groups is 1. The van der Waals surface area contributed by atoms with Crippen molar-refractivity contribution < 1.29 is 9.90 Å². The van der Waals surface area contributed by atoms with Gasteiger partial charge in [-0.25, -0.2) is 0 Å². The first-order valence-corrected chi connectivity index (χ1v) is 6.63. The van der Waals surface area contributed by atoms with E-state index in [1.54, 1.807) is 11.3 Å². The Kier molecular flexibility index (Phi) is 4.18. The summed E-state index contributed by atoms with van der Waals surface area (Å²) >= 11 is 1.62. The monoisotopic (exact) mass is 249 g/mol. The Bertz CT molecular complexity index is 455. The molecule has 1 fully saturated rings. The molecule has 1 aromatic rings. The molecule has 0 radical (unpaired) electrons. The summed E-state index contributed by atoms with van der Waals surface area (Å²) in [7, 11) is 0. The summed E-state index contributed by atoms with van der Waals surface area (Å²) in [6.45, 7) is 1.38. The number of piperidine rings is 1. The molecule has 4 heteroatoms. The summed E-state index contributed by atoms with van der Waals surface area (Å²) in [5.74, 6) is 5.81. The van der Waals surface area contributed by atoms with Crippen LogP contribution in [0.15, 0.2) is 11.4 Å². The minimum absolute atomic E-state index is 0.127. The molecule has 0 unspecified atom stereocenters. The van der Waals surface area contributed by atoms with E-state index in [-0.39, 0.29) is 12.5 Å². The van der Waals surface area contributed by atoms with Crippen LogP contribution in [0.5, 0.6) is 0 Å². The lowest BCUT2D eigenvalue weighted by Gasteiger charge is -2.26.